The smallest absolute Gasteiger partial charge is 0.409 e. The zero-order valence-electron chi connectivity index (χ0n) is 12.9. The Morgan fingerprint density at radius 2 is 1.53 bits per heavy atom. The van der Waals surface area contributed by atoms with Gasteiger partial charge in [-0.25, -0.2) is 4.79 Å². The lowest BCUT2D eigenvalue weighted by atomic mass is 10.2. The number of rotatable bonds is 1. The number of carbonyl (C=O) groups excluding carboxylic acids is 2. The van der Waals surface area contributed by atoms with Gasteiger partial charge < -0.3 is 14.5 Å². The molecule has 1 rings (SSSR count). The van der Waals surface area contributed by atoms with Crippen molar-refractivity contribution in [3.63, 3.8) is 0 Å². The van der Waals surface area contributed by atoms with Crippen molar-refractivity contribution in [3.05, 3.63) is 0 Å². The van der Waals surface area contributed by atoms with Gasteiger partial charge in [0.2, 0.25) is 5.91 Å². The van der Waals surface area contributed by atoms with Crippen LogP contribution in [0.4, 0.5) is 4.79 Å². The monoisotopic (exact) mass is 272 g/mol. The van der Waals surface area contributed by atoms with Crippen molar-refractivity contribution >= 4 is 12.0 Å². The summed E-state index contributed by atoms with van der Waals surface area (Å²) >= 11 is 0. The number of methoxy groups -OCH3 is 1. The first-order chi connectivity index (χ1) is 8.97. The maximum atomic E-state index is 11.8. The second-order valence-electron chi connectivity index (χ2n) is 5.00. The Kier molecular flexibility index (Phi) is 9.00. The maximum Gasteiger partial charge on any atom is 0.409 e. The summed E-state index contributed by atoms with van der Waals surface area (Å²) in [6.45, 7) is 10.6. The van der Waals surface area contributed by atoms with Crippen LogP contribution in [0, 0.1) is 5.92 Å². The Labute approximate surface area is 116 Å². The quantitative estimate of drug-likeness (QED) is 0.736. The highest BCUT2D eigenvalue weighted by molar-refractivity contribution is 5.78. The molecule has 0 aromatic carbocycles. The van der Waals surface area contributed by atoms with E-state index in [0.717, 1.165) is 13.0 Å². The van der Waals surface area contributed by atoms with E-state index in [9.17, 15) is 9.59 Å². The number of carbonyl (C=O) groups is 2. The van der Waals surface area contributed by atoms with E-state index >= 15 is 0 Å². The van der Waals surface area contributed by atoms with Crippen molar-refractivity contribution in [3.8, 4) is 0 Å². The fourth-order valence-electron chi connectivity index (χ4n) is 1.81. The highest BCUT2D eigenvalue weighted by Gasteiger charge is 2.23. The standard InChI is InChI=1S/C11H20N2O3.C3H8/c1-9(2)10(14)12-5-4-6-13(8-7-12)11(15)16-3;1-3-2/h9H,4-8H2,1-3H3;3H2,1-2H3. The second-order valence-corrected chi connectivity index (χ2v) is 5.00. The van der Waals surface area contributed by atoms with Crippen molar-refractivity contribution in [1.29, 1.82) is 0 Å². The molecule has 0 spiro atoms. The summed E-state index contributed by atoms with van der Waals surface area (Å²) in [5.41, 5.74) is 0. The summed E-state index contributed by atoms with van der Waals surface area (Å²) < 4.78 is 4.67. The molecule has 0 radical (unpaired) electrons. The van der Waals surface area contributed by atoms with Crippen molar-refractivity contribution in [1.82, 2.24) is 9.80 Å². The molecule has 0 aromatic heterocycles. The normalized spacial score (nSPS) is 15.5. The number of hydrogen-bond donors (Lipinski definition) is 0. The summed E-state index contributed by atoms with van der Waals surface area (Å²) in [7, 11) is 1.38. The Balaban J connectivity index is 0.000000982. The van der Waals surface area contributed by atoms with Crippen LogP contribution in [-0.2, 0) is 9.53 Å². The predicted octanol–water partition coefficient (Wildman–Crippen LogP) is 2.36. The van der Waals surface area contributed by atoms with Crippen LogP contribution in [0.2, 0.25) is 0 Å². The molecule has 1 fully saturated rings. The van der Waals surface area contributed by atoms with Gasteiger partial charge in [0, 0.05) is 32.1 Å². The Morgan fingerprint density at radius 1 is 1.05 bits per heavy atom. The molecule has 0 aliphatic carbocycles. The third kappa shape index (κ3) is 6.45. The first-order valence-electron chi connectivity index (χ1n) is 7.09. The van der Waals surface area contributed by atoms with Gasteiger partial charge in [0.1, 0.15) is 0 Å². The molecule has 2 amide bonds. The molecule has 112 valence electrons. The van der Waals surface area contributed by atoms with E-state index < -0.39 is 0 Å². The van der Waals surface area contributed by atoms with E-state index in [1.807, 2.05) is 18.7 Å². The van der Waals surface area contributed by atoms with Crippen LogP contribution in [-0.4, -0.2) is 55.1 Å². The average molecular weight is 272 g/mol. The molecule has 1 saturated heterocycles. The van der Waals surface area contributed by atoms with Gasteiger partial charge in [0.15, 0.2) is 0 Å². The molecule has 0 atom stereocenters. The molecule has 0 N–H and O–H groups in total. The molecular formula is C14H28N2O3. The lowest BCUT2D eigenvalue weighted by Crippen LogP contribution is -2.38. The average Bonchev–Trinajstić information content (AvgIpc) is 2.63. The van der Waals surface area contributed by atoms with E-state index in [4.69, 9.17) is 0 Å². The van der Waals surface area contributed by atoms with E-state index in [0.29, 0.717) is 19.6 Å². The Bertz CT molecular complexity index is 280. The van der Waals surface area contributed by atoms with Gasteiger partial charge in [-0.2, -0.15) is 0 Å². The lowest BCUT2D eigenvalue weighted by molar-refractivity contribution is -0.134. The summed E-state index contributed by atoms with van der Waals surface area (Å²) in [6.07, 6.45) is 1.76. The molecule has 5 heteroatoms. The fraction of sp³-hybridized carbons (Fsp3) is 0.857. The number of hydrogen-bond acceptors (Lipinski definition) is 3. The van der Waals surface area contributed by atoms with Crippen molar-refractivity contribution < 1.29 is 14.3 Å². The first-order valence-corrected chi connectivity index (χ1v) is 7.09. The van der Waals surface area contributed by atoms with Crippen LogP contribution in [0.3, 0.4) is 0 Å². The molecule has 0 saturated carbocycles. The highest BCUT2D eigenvalue weighted by Crippen LogP contribution is 2.08. The number of amides is 2. The largest absolute Gasteiger partial charge is 0.453 e. The second kappa shape index (κ2) is 9.64. The lowest BCUT2D eigenvalue weighted by Gasteiger charge is -2.22. The summed E-state index contributed by atoms with van der Waals surface area (Å²) in [5, 5.41) is 0. The van der Waals surface area contributed by atoms with Crippen LogP contribution in [0.5, 0.6) is 0 Å². The van der Waals surface area contributed by atoms with Crippen LogP contribution in [0.15, 0.2) is 0 Å². The molecule has 1 heterocycles. The van der Waals surface area contributed by atoms with E-state index in [2.05, 4.69) is 18.6 Å². The number of ether oxygens (including phenoxy) is 1. The third-order valence-electron chi connectivity index (χ3n) is 2.73. The summed E-state index contributed by atoms with van der Waals surface area (Å²) in [5.74, 6) is 0.177. The molecule has 0 unspecified atom stereocenters. The van der Waals surface area contributed by atoms with Crippen LogP contribution in [0.25, 0.3) is 0 Å². The zero-order chi connectivity index (χ0) is 14.8. The Morgan fingerprint density at radius 3 is 2.00 bits per heavy atom. The molecule has 1 aliphatic rings. The topological polar surface area (TPSA) is 49.9 Å². The van der Waals surface area contributed by atoms with Gasteiger partial charge in [0.05, 0.1) is 7.11 Å². The number of nitrogens with zero attached hydrogens (tertiary/aromatic N) is 2. The van der Waals surface area contributed by atoms with Crippen LogP contribution in [0.1, 0.15) is 40.5 Å². The zero-order valence-corrected chi connectivity index (χ0v) is 12.9. The van der Waals surface area contributed by atoms with Gasteiger partial charge in [-0.1, -0.05) is 34.1 Å². The Hall–Kier alpha value is -1.26. The summed E-state index contributed by atoms with van der Waals surface area (Å²) in [4.78, 5) is 26.6. The molecule has 1 aliphatic heterocycles. The van der Waals surface area contributed by atoms with Crippen LogP contribution < -0.4 is 0 Å². The maximum absolute atomic E-state index is 11.8. The summed E-state index contributed by atoms with van der Waals surface area (Å²) in [6, 6.07) is 0. The SMILES string of the molecule is CCC.COC(=O)N1CCCN(C(=O)C(C)C)CC1. The van der Waals surface area contributed by atoms with Gasteiger partial charge in [0.25, 0.3) is 0 Å². The van der Waals surface area contributed by atoms with Crippen LogP contribution >= 0.6 is 0 Å². The fourth-order valence-corrected chi connectivity index (χ4v) is 1.81. The minimum atomic E-state index is -0.307. The minimum absolute atomic E-state index is 0.0182. The molecule has 0 bridgehead atoms. The van der Waals surface area contributed by atoms with E-state index in [-0.39, 0.29) is 17.9 Å². The van der Waals surface area contributed by atoms with Gasteiger partial charge in [-0.3, -0.25) is 4.79 Å². The van der Waals surface area contributed by atoms with Crippen molar-refractivity contribution in [2.75, 3.05) is 33.3 Å². The first kappa shape index (κ1) is 17.7. The molecule has 19 heavy (non-hydrogen) atoms. The van der Waals surface area contributed by atoms with Crippen molar-refractivity contribution in [2.24, 2.45) is 5.92 Å². The van der Waals surface area contributed by atoms with E-state index in [1.165, 1.54) is 13.5 Å². The molecule has 0 aromatic rings. The van der Waals surface area contributed by atoms with Crippen molar-refractivity contribution in [2.45, 2.75) is 40.5 Å². The molecule has 5 nitrogen and oxygen atoms in total. The highest BCUT2D eigenvalue weighted by atomic mass is 16.5. The van der Waals surface area contributed by atoms with Gasteiger partial charge in [-0.15, -0.1) is 0 Å². The van der Waals surface area contributed by atoms with Gasteiger partial charge in [-0.05, 0) is 6.42 Å². The predicted molar refractivity (Wildman–Crippen MR) is 76.0 cm³/mol. The molecular weight excluding hydrogens is 244 g/mol. The third-order valence-corrected chi connectivity index (χ3v) is 2.73. The van der Waals surface area contributed by atoms with Gasteiger partial charge >= 0.3 is 6.09 Å². The van der Waals surface area contributed by atoms with E-state index in [1.54, 1.807) is 4.90 Å². The minimum Gasteiger partial charge on any atom is -0.453 e.